The number of anilines is 2. The number of nitrogens with one attached hydrogen (secondary N) is 2. The molecule has 0 fully saturated rings. The lowest BCUT2D eigenvalue weighted by Crippen LogP contribution is -2.15. The number of thiophene rings is 2. The first kappa shape index (κ1) is 28.6. The molecule has 2 N–H and O–H groups in total. The Kier molecular flexibility index (Phi) is 10.6. The predicted octanol–water partition coefficient (Wildman–Crippen LogP) is 5.80. The Hall–Kier alpha value is -3.98. The van der Waals surface area contributed by atoms with Gasteiger partial charge in [-0.15, -0.1) is 22.7 Å². The third-order valence-electron chi connectivity index (χ3n) is 4.68. The van der Waals surface area contributed by atoms with Gasteiger partial charge in [0.05, 0.1) is 21.9 Å². The Balaban J connectivity index is 0.000000732. The number of aromatic nitrogens is 1. The molecule has 0 saturated carbocycles. The van der Waals surface area contributed by atoms with Crippen LogP contribution in [0.25, 0.3) is 21.0 Å². The zero-order valence-corrected chi connectivity index (χ0v) is 23.4. The van der Waals surface area contributed by atoms with Crippen LogP contribution < -0.4 is 10.6 Å². The smallest absolute Gasteiger partial charge is 0.234 e. The molecule has 38 heavy (non-hydrogen) atoms. The van der Waals surface area contributed by atoms with Crippen molar-refractivity contribution in [2.24, 2.45) is 0 Å². The molecule has 0 aliphatic carbocycles. The lowest BCUT2D eigenvalue weighted by Gasteiger charge is -2.11. The van der Waals surface area contributed by atoms with Gasteiger partial charge in [-0.1, -0.05) is 30.0 Å². The van der Waals surface area contributed by atoms with Crippen LogP contribution in [0.4, 0.5) is 11.4 Å². The molecule has 0 bridgehead atoms. The van der Waals surface area contributed by atoms with Crippen molar-refractivity contribution in [2.75, 3.05) is 30.5 Å². The molecule has 0 aliphatic heterocycles. The van der Waals surface area contributed by atoms with E-state index in [9.17, 15) is 19.6 Å². The molecule has 0 spiro atoms. The van der Waals surface area contributed by atoms with E-state index in [4.69, 9.17) is 4.98 Å². The third kappa shape index (κ3) is 8.27. The first-order valence-electron chi connectivity index (χ1n) is 11.3. The first-order valence-corrected chi connectivity index (χ1v) is 14.0. The van der Waals surface area contributed by atoms with E-state index in [0.29, 0.717) is 22.0 Å². The number of carbonyl (C=O) groups is 3. The van der Waals surface area contributed by atoms with Gasteiger partial charge in [-0.2, -0.15) is 5.26 Å². The van der Waals surface area contributed by atoms with Gasteiger partial charge < -0.3 is 15.5 Å². The van der Waals surface area contributed by atoms with E-state index >= 15 is 0 Å². The van der Waals surface area contributed by atoms with Gasteiger partial charge in [0.1, 0.15) is 11.1 Å². The lowest BCUT2D eigenvalue weighted by atomic mass is 10.1. The molecule has 0 radical (unpaired) electrons. The van der Waals surface area contributed by atoms with E-state index in [-0.39, 0.29) is 17.6 Å². The van der Waals surface area contributed by atoms with Gasteiger partial charge in [-0.25, -0.2) is 4.98 Å². The van der Waals surface area contributed by atoms with Crippen molar-refractivity contribution in [3.63, 3.8) is 0 Å². The molecule has 4 aromatic rings. The van der Waals surface area contributed by atoms with E-state index in [1.165, 1.54) is 23.6 Å². The van der Waals surface area contributed by atoms with Crippen molar-refractivity contribution >= 4 is 64.0 Å². The van der Waals surface area contributed by atoms with Gasteiger partial charge in [0, 0.05) is 42.8 Å². The number of nitriles is 1. The zero-order valence-electron chi connectivity index (χ0n) is 20.9. The fraction of sp³-hybridized carbons (Fsp3) is 0.148. The van der Waals surface area contributed by atoms with Gasteiger partial charge >= 0.3 is 0 Å². The third-order valence-corrected chi connectivity index (χ3v) is 7.45. The van der Waals surface area contributed by atoms with Crippen LogP contribution in [-0.4, -0.2) is 48.0 Å². The number of rotatable bonds is 8. The fourth-order valence-electron chi connectivity index (χ4n) is 3.12. The molecule has 0 unspecified atom stereocenters. The van der Waals surface area contributed by atoms with Crippen molar-refractivity contribution < 1.29 is 14.4 Å². The largest absolute Gasteiger partial charge is 0.351 e. The maximum absolute atomic E-state index is 12.6. The van der Waals surface area contributed by atoms with Crippen LogP contribution in [0, 0.1) is 11.3 Å². The van der Waals surface area contributed by atoms with Crippen molar-refractivity contribution in [2.45, 2.75) is 11.9 Å². The molecule has 0 atom stereocenters. The molecule has 0 saturated heterocycles. The first-order chi connectivity index (χ1) is 18.3. The molecule has 3 amide bonds. The molecule has 0 aliphatic rings. The minimum Gasteiger partial charge on any atom is -0.351 e. The highest BCUT2D eigenvalue weighted by atomic mass is 32.2. The highest BCUT2D eigenvalue weighted by Gasteiger charge is 2.18. The van der Waals surface area contributed by atoms with Crippen LogP contribution in [0.15, 0.2) is 70.4 Å². The number of hydrogen-bond acceptors (Lipinski definition) is 8. The Bertz CT molecular complexity index is 1430. The minimum absolute atomic E-state index is 0.0871. The summed E-state index contributed by atoms with van der Waals surface area (Å²) in [5, 5.41) is 19.9. The Morgan fingerprint density at radius 3 is 2.21 bits per heavy atom. The number of hydrogen-bond donors (Lipinski definition) is 2. The molecular formula is C27H25N5O3S3. The normalized spacial score (nSPS) is 9.95. The maximum Gasteiger partial charge on any atom is 0.234 e. The van der Waals surface area contributed by atoms with E-state index in [2.05, 4.69) is 16.7 Å². The molecule has 11 heteroatoms. The fourth-order valence-corrected chi connectivity index (χ4v) is 5.36. The highest BCUT2D eigenvalue weighted by Crippen LogP contribution is 2.37. The minimum atomic E-state index is -0.232. The van der Waals surface area contributed by atoms with Gasteiger partial charge in [0.2, 0.25) is 18.2 Å². The van der Waals surface area contributed by atoms with Crippen LogP contribution >= 0.6 is 34.4 Å². The molecule has 3 aromatic heterocycles. The number of carbonyl (C=O) groups excluding carboxylic acids is 3. The quantitative estimate of drug-likeness (QED) is 0.207. The number of amides is 3. The average molecular weight is 564 g/mol. The van der Waals surface area contributed by atoms with Crippen molar-refractivity contribution in [3.8, 4) is 27.1 Å². The maximum atomic E-state index is 12.6. The number of thioether (sulfide) groups is 1. The number of nitrogens with zero attached hydrogens (tertiary/aromatic N) is 3. The van der Waals surface area contributed by atoms with Crippen LogP contribution in [0.1, 0.15) is 12.5 Å². The lowest BCUT2D eigenvalue weighted by molar-refractivity contribution is -0.116. The molecule has 3 heterocycles. The standard InChI is InChI=1S/C24H18N4O2S3.C3H7NO/c1-15(29)26-16-5-2-6-17(11-16)27-23(30)14-33-24-19(13-25)18(21-7-3-9-31-21)12-20(28-24)22-8-4-10-32-22;1-4(2)3-5/h2-12H,14H2,1H3,(H,26,29)(H,27,30);3H,1-2H3. The van der Waals surface area contributed by atoms with E-state index < -0.39 is 0 Å². The summed E-state index contributed by atoms with van der Waals surface area (Å²) in [5.74, 6) is -0.328. The molecule has 8 nitrogen and oxygen atoms in total. The summed E-state index contributed by atoms with van der Waals surface area (Å²) in [6.45, 7) is 1.43. The van der Waals surface area contributed by atoms with Gasteiger partial charge in [-0.05, 0) is 47.2 Å². The summed E-state index contributed by atoms with van der Waals surface area (Å²) in [6.07, 6.45) is 0.750. The second-order valence-electron chi connectivity index (χ2n) is 7.97. The highest BCUT2D eigenvalue weighted by molar-refractivity contribution is 8.00. The SMILES string of the molecule is CC(=O)Nc1cccc(NC(=O)CSc2nc(-c3cccs3)cc(-c3cccs3)c2C#N)c1.CN(C)C=O. The topological polar surface area (TPSA) is 115 Å². The van der Waals surface area contributed by atoms with E-state index in [1.54, 1.807) is 61.0 Å². The summed E-state index contributed by atoms with van der Waals surface area (Å²) in [6, 6.07) is 19.0. The van der Waals surface area contributed by atoms with Crippen molar-refractivity contribution in [3.05, 3.63) is 70.9 Å². The van der Waals surface area contributed by atoms with Crippen molar-refractivity contribution in [1.29, 1.82) is 5.26 Å². The summed E-state index contributed by atoms with van der Waals surface area (Å²) in [5.41, 5.74) is 3.23. The van der Waals surface area contributed by atoms with E-state index in [0.717, 1.165) is 27.4 Å². The van der Waals surface area contributed by atoms with Gasteiger partial charge in [-0.3, -0.25) is 14.4 Å². The predicted molar refractivity (Wildman–Crippen MR) is 155 cm³/mol. The van der Waals surface area contributed by atoms with Crippen LogP contribution in [0.3, 0.4) is 0 Å². The Morgan fingerprint density at radius 1 is 1.03 bits per heavy atom. The second kappa shape index (κ2) is 14.1. The Labute approximate surface area is 233 Å². The molecule has 194 valence electrons. The van der Waals surface area contributed by atoms with Crippen LogP contribution in [0.5, 0.6) is 0 Å². The molecular weight excluding hydrogens is 539 g/mol. The van der Waals surface area contributed by atoms with Crippen LogP contribution in [-0.2, 0) is 14.4 Å². The van der Waals surface area contributed by atoms with Gasteiger partial charge in [0.25, 0.3) is 0 Å². The van der Waals surface area contributed by atoms with Gasteiger partial charge in [0.15, 0.2) is 0 Å². The molecule has 1 aromatic carbocycles. The Morgan fingerprint density at radius 2 is 1.66 bits per heavy atom. The summed E-state index contributed by atoms with van der Waals surface area (Å²) in [7, 11) is 3.38. The molecule has 4 rings (SSSR count). The monoisotopic (exact) mass is 563 g/mol. The van der Waals surface area contributed by atoms with E-state index in [1.807, 2.05) is 41.1 Å². The number of pyridine rings is 1. The zero-order chi connectivity index (χ0) is 27.5. The average Bonchev–Trinajstić information content (AvgIpc) is 3.62. The second-order valence-corrected chi connectivity index (χ2v) is 10.8. The summed E-state index contributed by atoms with van der Waals surface area (Å²) in [4.78, 5) is 41.4. The summed E-state index contributed by atoms with van der Waals surface area (Å²) >= 11 is 4.36. The summed E-state index contributed by atoms with van der Waals surface area (Å²) < 4.78 is 0. The van der Waals surface area contributed by atoms with Crippen molar-refractivity contribution in [1.82, 2.24) is 9.88 Å². The van der Waals surface area contributed by atoms with Crippen LogP contribution in [0.2, 0.25) is 0 Å². The number of benzene rings is 1.